The van der Waals surface area contributed by atoms with E-state index in [-0.39, 0.29) is 37.7 Å². The molecule has 0 saturated heterocycles. The topological polar surface area (TPSA) is 66.5 Å². The monoisotopic (exact) mass is 398 g/mol. The summed E-state index contributed by atoms with van der Waals surface area (Å²) in [5.41, 5.74) is 0.976. The zero-order valence-corrected chi connectivity index (χ0v) is 15.9. The van der Waals surface area contributed by atoms with Crippen LogP contribution in [0.3, 0.4) is 0 Å². The average Bonchev–Trinajstić information content (AvgIpc) is 2.55. The van der Waals surface area contributed by atoms with Crippen molar-refractivity contribution in [2.75, 3.05) is 24.7 Å². The lowest BCUT2D eigenvalue weighted by Crippen LogP contribution is -2.34. The van der Waals surface area contributed by atoms with Crippen LogP contribution in [0, 0.1) is 5.82 Å². The van der Waals surface area contributed by atoms with Gasteiger partial charge in [0.2, 0.25) is 15.9 Å². The van der Waals surface area contributed by atoms with Gasteiger partial charge in [-0.25, -0.2) is 17.1 Å². The van der Waals surface area contributed by atoms with Gasteiger partial charge >= 0.3 is 0 Å². The van der Waals surface area contributed by atoms with E-state index in [1.807, 2.05) is 0 Å². The fraction of sp³-hybridized carbons (Fsp3) is 0.278. The highest BCUT2D eigenvalue weighted by Crippen LogP contribution is 2.15. The lowest BCUT2D eigenvalue weighted by molar-refractivity contribution is -0.116. The molecule has 2 aromatic carbocycles. The smallest absolute Gasteiger partial charge is 0.225 e. The molecule has 0 aliphatic rings. The van der Waals surface area contributed by atoms with Crippen LogP contribution in [0.4, 0.5) is 10.1 Å². The van der Waals surface area contributed by atoms with Gasteiger partial charge < -0.3 is 5.32 Å². The van der Waals surface area contributed by atoms with Crippen molar-refractivity contribution in [3.8, 4) is 0 Å². The van der Waals surface area contributed by atoms with E-state index in [2.05, 4.69) is 5.32 Å². The molecule has 1 amide bonds. The third-order valence-corrected chi connectivity index (χ3v) is 5.29. The van der Waals surface area contributed by atoms with Crippen LogP contribution in [0.1, 0.15) is 12.0 Å². The molecule has 0 aromatic heterocycles. The number of hydrogen-bond donors (Lipinski definition) is 1. The van der Waals surface area contributed by atoms with E-state index >= 15 is 0 Å². The summed E-state index contributed by atoms with van der Waals surface area (Å²) in [6.45, 7) is 0.115. The van der Waals surface area contributed by atoms with E-state index in [0.717, 1.165) is 6.26 Å². The Labute approximate surface area is 157 Å². The van der Waals surface area contributed by atoms with Crippen LogP contribution >= 0.6 is 11.6 Å². The average molecular weight is 399 g/mol. The molecule has 0 radical (unpaired) electrons. The molecular formula is C18H20ClFN2O3S. The molecule has 26 heavy (non-hydrogen) atoms. The number of sulfonamides is 1. The molecular weight excluding hydrogens is 379 g/mol. The van der Waals surface area contributed by atoms with Crippen LogP contribution in [0.5, 0.6) is 0 Å². The predicted octanol–water partition coefficient (Wildman–Crippen LogP) is 3.31. The number of anilines is 1. The minimum absolute atomic E-state index is 0.0136. The van der Waals surface area contributed by atoms with Crippen molar-refractivity contribution in [1.29, 1.82) is 0 Å². The number of nitrogens with one attached hydrogen (secondary N) is 1. The Morgan fingerprint density at radius 1 is 1.15 bits per heavy atom. The quantitative estimate of drug-likeness (QED) is 0.741. The lowest BCUT2D eigenvalue weighted by Gasteiger charge is -2.20. The van der Waals surface area contributed by atoms with Gasteiger partial charge in [0.1, 0.15) is 5.82 Å². The van der Waals surface area contributed by atoms with Gasteiger partial charge in [-0.1, -0.05) is 35.9 Å². The molecule has 140 valence electrons. The first-order valence-electron chi connectivity index (χ1n) is 7.99. The summed E-state index contributed by atoms with van der Waals surface area (Å²) < 4.78 is 38.7. The van der Waals surface area contributed by atoms with Gasteiger partial charge in [0.25, 0.3) is 0 Å². The molecule has 0 saturated carbocycles. The molecule has 5 nitrogen and oxygen atoms in total. The van der Waals surface area contributed by atoms with E-state index in [1.165, 1.54) is 10.4 Å². The van der Waals surface area contributed by atoms with Crippen molar-refractivity contribution in [3.63, 3.8) is 0 Å². The van der Waals surface area contributed by atoms with Crippen LogP contribution in [0.25, 0.3) is 0 Å². The lowest BCUT2D eigenvalue weighted by atomic mass is 10.1. The Morgan fingerprint density at radius 3 is 2.54 bits per heavy atom. The van der Waals surface area contributed by atoms with Crippen molar-refractivity contribution in [2.45, 2.75) is 12.8 Å². The number of amides is 1. The minimum atomic E-state index is -3.51. The zero-order chi connectivity index (χ0) is 19.2. The largest absolute Gasteiger partial charge is 0.326 e. The van der Waals surface area contributed by atoms with E-state index in [4.69, 9.17) is 11.6 Å². The van der Waals surface area contributed by atoms with Crippen molar-refractivity contribution >= 4 is 33.2 Å². The van der Waals surface area contributed by atoms with Crippen LogP contribution in [0.15, 0.2) is 48.5 Å². The second-order valence-corrected chi connectivity index (χ2v) is 8.23. The number of carbonyl (C=O) groups excluding carboxylic acids is 1. The van der Waals surface area contributed by atoms with Gasteiger partial charge in [-0.05, 0) is 36.2 Å². The van der Waals surface area contributed by atoms with Crippen molar-refractivity contribution in [2.24, 2.45) is 0 Å². The van der Waals surface area contributed by atoms with E-state index in [9.17, 15) is 17.6 Å². The first kappa shape index (κ1) is 20.4. The fourth-order valence-electron chi connectivity index (χ4n) is 2.41. The number of halogens is 2. The van der Waals surface area contributed by atoms with E-state index in [0.29, 0.717) is 16.3 Å². The summed E-state index contributed by atoms with van der Waals surface area (Å²) in [6.07, 6.45) is 1.29. The summed E-state index contributed by atoms with van der Waals surface area (Å²) in [4.78, 5) is 12.0. The minimum Gasteiger partial charge on any atom is -0.326 e. The number of benzene rings is 2. The summed E-state index contributed by atoms with van der Waals surface area (Å²) >= 11 is 5.86. The van der Waals surface area contributed by atoms with Crippen LogP contribution < -0.4 is 5.32 Å². The standard InChI is InChI=1S/C18H20ClFN2O3S/c1-26(24,25)22(11-9-14-5-2-3-8-17(14)20)12-10-18(23)21-16-7-4-6-15(19)13-16/h2-8,13H,9-12H2,1H3,(H,21,23). The van der Waals surface area contributed by atoms with Gasteiger partial charge in [0, 0.05) is 30.2 Å². The number of rotatable bonds is 8. The summed E-state index contributed by atoms with van der Waals surface area (Å²) in [5.74, 6) is -0.702. The first-order valence-corrected chi connectivity index (χ1v) is 10.2. The molecule has 0 bridgehead atoms. The van der Waals surface area contributed by atoms with Crippen molar-refractivity contribution < 1.29 is 17.6 Å². The highest BCUT2D eigenvalue weighted by Gasteiger charge is 2.18. The molecule has 0 fully saturated rings. The van der Waals surface area contributed by atoms with Gasteiger partial charge in [-0.2, -0.15) is 0 Å². The number of hydrogen-bond acceptors (Lipinski definition) is 3. The highest BCUT2D eigenvalue weighted by atomic mass is 35.5. The maximum atomic E-state index is 13.7. The Balaban J connectivity index is 1.93. The van der Waals surface area contributed by atoms with Gasteiger partial charge in [0.15, 0.2) is 0 Å². The first-order chi connectivity index (χ1) is 12.3. The van der Waals surface area contributed by atoms with Crippen molar-refractivity contribution in [3.05, 3.63) is 64.9 Å². The van der Waals surface area contributed by atoms with Gasteiger partial charge in [0.05, 0.1) is 6.26 Å². The van der Waals surface area contributed by atoms with Gasteiger partial charge in [-0.3, -0.25) is 4.79 Å². The van der Waals surface area contributed by atoms with E-state index in [1.54, 1.807) is 42.5 Å². The molecule has 0 aliphatic heterocycles. The molecule has 0 heterocycles. The van der Waals surface area contributed by atoms with Crippen LogP contribution in [-0.4, -0.2) is 38.0 Å². The fourth-order valence-corrected chi connectivity index (χ4v) is 3.44. The SMILES string of the molecule is CS(=O)(=O)N(CCC(=O)Nc1cccc(Cl)c1)CCc1ccccc1F. The molecule has 0 spiro atoms. The van der Waals surface area contributed by atoms with Crippen molar-refractivity contribution in [1.82, 2.24) is 4.31 Å². The van der Waals surface area contributed by atoms with Gasteiger partial charge in [-0.15, -0.1) is 0 Å². The summed E-state index contributed by atoms with van der Waals surface area (Å²) in [7, 11) is -3.51. The Hall–Kier alpha value is -1.96. The third-order valence-electron chi connectivity index (χ3n) is 3.75. The number of carbonyl (C=O) groups is 1. The normalized spacial score (nSPS) is 11.5. The Bertz CT molecular complexity index is 874. The predicted molar refractivity (Wildman–Crippen MR) is 101 cm³/mol. The molecule has 1 N–H and O–H groups in total. The highest BCUT2D eigenvalue weighted by molar-refractivity contribution is 7.88. The molecule has 2 aromatic rings. The maximum absolute atomic E-state index is 13.7. The zero-order valence-electron chi connectivity index (χ0n) is 14.3. The molecule has 0 unspecified atom stereocenters. The molecule has 0 atom stereocenters. The number of nitrogens with zero attached hydrogens (tertiary/aromatic N) is 1. The molecule has 0 aliphatic carbocycles. The molecule has 8 heteroatoms. The maximum Gasteiger partial charge on any atom is 0.225 e. The summed E-state index contributed by atoms with van der Waals surface area (Å²) in [5, 5.41) is 3.16. The molecule has 2 rings (SSSR count). The summed E-state index contributed by atoms with van der Waals surface area (Å²) in [6, 6.07) is 12.9. The van der Waals surface area contributed by atoms with E-state index < -0.39 is 10.0 Å². The Morgan fingerprint density at radius 2 is 1.88 bits per heavy atom. The van der Waals surface area contributed by atoms with Crippen LogP contribution in [-0.2, 0) is 21.2 Å². The second-order valence-electron chi connectivity index (χ2n) is 5.81. The second kappa shape index (κ2) is 9.12. The van der Waals surface area contributed by atoms with Crippen LogP contribution in [0.2, 0.25) is 5.02 Å². The Kier molecular flexibility index (Phi) is 7.14. The third kappa shape index (κ3) is 6.40.